The van der Waals surface area contributed by atoms with Crippen molar-refractivity contribution >= 4 is 22.7 Å². The number of ether oxygens (including phenoxy) is 3. The van der Waals surface area contributed by atoms with E-state index in [1.165, 1.54) is 12.1 Å². The summed E-state index contributed by atoms with van der Waals surface area (Å²) in [5.41, 5.74) is 5.28. The Balaban J connectivity index is 1.43. The van der Waals surface area contributed by atoms with Crippen molar-refractivity contribution in [3.8, 4) is 17.2 Å². The molecule has 7 rings (SSSR count). The molecule has 3 aromatic carbocycles. The van der Waals surface area contributed by atoms with Crippen molar-refractivity contribution in [1.82, 2.24) is 15.2 Å². The molecule has 0 spiro atoms. The molecule has 0 saturated carbocycles. The van der Waals surface area contributed by atoms with E-state index in [-0.39, 0.29) is 30.7 Å². The maximum atomic E-state index is 14.1. The molecule has 212 valence electrons. The average molecular weight is 558 g/mol. The Morgan fingerprint density at radius 3 is 2.88 bits per heavy atom. The Morgan fingerprint density at radius 2 is 2.02 bits per heavy atom. The minimum absolute atomic E-state index is 0.0643. The van der Waals surface area contributed by atoms with Crippen LogP contribution in [0.2, 0.25) is 0 Å². The molecule has 0 fully saturated rings. The zero-order valence-corrected chi connectivity index (χ0v) is 23.1. The summed E-state index contributed by atoms with van der Waals surface area (Å²) in [6.45, 7) is 3.15. The van der Waals surface area contributed by atoms with Gasteiger partial charge < -0.3 is 29.4 Å². The van der Waals surface area contributed by atoms with Crippen LogP contribution in [0.25, 0.3) is 10.9 Å². The Labute approximate surface area is 237 Å². The van der Waals surface area contributed by atoms with Gasteiger partial charge in [-0.1, -0.05) is 12.1 Å². The Bertz CT molecular complexity index is 1630. The lowest BCUT2D eigenvalue weighted by molar-refractivity contribution is -0.132. The number of amides is 2. The normalized spacial score (nSPS) is 17.1. The van der Waals surface area contributed by atoms with Gasteiger partial charge in [0, 0.05) is 29.7 Å². The molecule has 0 saturated heterocycles. The lowest BCUT2D eigenvalue weighted by atomic mass is 9.87. The Morgan fingerprint density at radius 1 is 1.15 bits per heavy atom. The fourth-order valence-corrected chi connectivity index (χ4v) is 5.82. The summed E-state index contributed by atoms with van der Waals surface area (Å²) in [4.78, 5) is 31.6. The number of methoxy groups -OCH3 is 1. The van der Waals surface area contributed by atoms with Crippen molar-refractivity contribution in [2.45, 2.75) is 32.2 Å². The van der Waals surface area contributed by atoms with E-state index >= 15 is 0 Å². The van der Waals surface area contributed by atoms with Gasteiger partial charge in [-0.15, -0.1) is 0 Å². The van der Waals surface area contributed by atoms with E-state index < -0.39 is 6.04 Å². The van der Waals surface area contributed by atoms with Crippen molar-refractivity contribution in [3.63, 3.8) is 0 Å². The van der Waals surface area contributed by atoms with E-state index in [9.17, 15) is 14.0 Å². The predicted molar refractivity (Wildman–Crippen MR) is 152 cm³/mol. The van der Waals surface area contributed by atoms with Gasteiger partial charge in [0.2, 0.25) is 5.91 Å². The number of H-pyrrole nitrogens is 1. The summed E-state index contributed by atoms with van der Waals surface area (Å²) >= 11 is 0. The lowest BCUT2D eigenvalue weighted by Crippen LogP contribution is -2.41. The van der Waals surface area contributed by atoms with Gasteiger partial charge in [-0.2, -0.15) is 0 Å². The first-order valence-corrected chi connectivity index (χ1v) is 13.8. The van der Waals surface area contributed by atoms with Crippen LogP contribution in [0.3, 0.4) is 0 Å². The molecule has 41 heavy (non-hydrogen) atoms. The number of benzene rings is 3. The fraction of sp³-hybridized carbons (Fsp3) is 0.312. The summed E-state index contributed by atoms with van der Waals surface area (Å²) < 4.78 is 31.7. The molecule has 3 aliphatic rings. The van der Waals surface area contributed by atoms with Crippen LogP contribution in [0.5, 0.6) is 17.2 Å². The molecule has 4 heterocycles. The van der Waals surface area contributed by atoms with Crippen molar-refractivity contribution in [3.05, 3.63) is 88.4 Å². The minimum Gasteiger partial charge on any atom is -0.494 e. The molecule has 6 bridgehead atoms. The van der Waals surface area contributed by atoms with E-state index in [2.05, 4.69) is 10.3 Å². The van der Waals surface area contributed by atoms with Gasteiger partial charge >= 0.3 is 0 Å². The largest absolute Gasteiger partial charge is 0.494 e. The molecule has 9 heteroatoms. The summed E-state index contributed by atoms with van der Waals surface area (Å²) in [7, 11) is 1.56. The van der Waals surface area contributed by atoms with Crippen LogP contribution in [-0.2, 0) is 22.4 Å². The Hall–Kier alpha value is -4.53. The maximum absolute atomic E-state index is 14.1. The fourth-order valence-electron chi connectivity index (χ4n) is 5.82. The molecular formula is C32H32FN3O5. The zero-order chi connectivity index (χ0) is 28.5. The lowest BCUT2D eigenvalue weighted by Gasteiger charge is -2.38. The van der Waals surface area contributed by atoms with Crippen LogP contribution in [0, 0.1) is 12.7 Å². The predicted octanol–water partition coefficient (Wildman–Crippen LogP) is 4.62. The summed E-state index contributed by atoms with van der Waals surface area (Å²) in [6.07, 6.45) is 1.36. The molecular weight excluding hydrogens is 525 g/mol. The van der Waals surface area contributed by atoms with Gasteiger partial charge in [-0.05, 0) is 84.5 Å². The quantitative estimate of drug-likeness (QED) is 0.384. The Kier molecular flexibility index (Phi) is 7.26. The first-order chi connectivity index (χ1) is 19.9. The highest BCUT2D eigenvalue weighted by molar-refractivity contribution is 5.90. The number of nitrogens with zero attached hydrogens (tertiary/aromatic N) is 1. The zero-order valence-electron chi connectivity index (χ0n) is 23.1. The number of carbonyl (C=O) groups excluding carboxylic acids is 2. The van der Waals surface area contributed by atoms with Gasteiger partial charge in [0.15, 0.2) is 18.1 Å². The smallest absolute Gasteiger partial charge is 0.257 e. The number of hydrogen-bond acceptors (Lipinski definition) is 5. The number of aromatic nitrogens is 1. The second kappa shape index (κ2) is 11.2. The third kappa shape index (κ3) is 5.31. The SMILES string of the molecule is COc1cc2c3cc1OCC(=O)NCCCOc1cccc(c1)C2N(C(=O)Cc1c(C)[nH]c2ccc(F)cc12)CC3. The van der Waals surface area contributed by atoms with Gasteiger partial charge in [-0.3, -0.25) is 9.59 Å². The van der Waals surface area contributed by atoms with E-state index in [4.69, 9.17) is 14.2 Å². The minimum atomic E-state index is -0.406. The number of rotatable bonds is 3. The van der Waals surface area contributed by atoms with Crippen LogP contribution >= 0.6 is 0 Å². The number of fused-ring (bicyclic) bond motifs is 9. The second-order valence-corrected chi connectivity index (χ2v) is 10.4. The molecule has 1 atom stereocenters. The molecule has 4 aromatic rings. The topological polar surface area (TPSA) is 92.9 Å². The average Bonchev–Trinajstić information content (AvgIpc) is 3.27. The molecule has 8 nitrogen and oxygen atoms in total. The van der Waals surface area contributed by atoms with E-state index in [0.717, 1.165) is 33.5 Å². The maximum Gasteiger partial charge on any atom is 0.257 e. The first kappa shape index (κ1) is 26.7. The third-order valence-corrected chi connectivity index (χ3v) is 7.83. The van der Waals surface area contributed by atoms with Crippen molar-refractivity contribution in [2.75, 3.05) is 33.4 Å². The van der Waals surface area contributed by atoms with Crippen LogP contribution in [0.15, 0.2) is 54.6 Å². The summed E-state index contributed by atoms with van der Waals surface area (Å²) in [6, 6.07) is 15.8. The van der Waals surface area contributed by atoms with E-state index in [1.807, 2.05) is 48.2 Å². The number of halogens is 1. The van der Waals surface area contributed by atoms with Crippen LogP contribution in [0.1, 0.15) is 40.4 Å². The highest BCUT2D eigenvalue weighted by atomic mass is 19.1. The molecule has 2 N–H and O–H groups in total. The molecule has 3 aliphatic heterocycles. The number of aromatic amines is 1. The summed E-state index contributed by atoms with van der Waals surface area (Å²) in [5, 5.41) is 3.57. The van der Waals surface area contributed by atoms with Crippen LogP contribution in [0.4, 0.5) is 4.39 Å². The molecule has 2 amide bonds. The van der Waals surface area contributed by atoms with Crippen molar-refractivity contribution in [1.29, 1.82) is 0 Å². The van der Waals surface area contributed by atoms with Crippen molar-refractivity contribution < 1.29 is 28.2 Å². The number of hydrogen-bond donors (Lipinski definition) is 2. The molecule has 1 aromatic heterocycles. The monoisotopic (exact) mass is 557 g/mol. The van der Waals surface area contributed by atoms with E-state index in [1.54, 1.807) is 13.2 Å². The standard InChI is InChI=1S/C32H32FN3O5/c1-19-24(26-15-22(33)7-8-27(26)35-19)17-31(38)36-11-9-20-14-29-28(39-2)16-25(20)32(36)21-5-3-6-23(13-21)40-12-4-10-34-30(37)18-41-29/h3,5-8,13-16,32,35H,4,9-12,17-18H2,1-2H3,(H,34,37). The van der Waals surface area contributed by atoms with Gasteiger partial charge in [0.25, 0.3) is 5.91 Å². The molecule has 0 aliphatic carbocycles. The molecule has 0 radical (unpaired) electrons. The number of nitrogens with one attached hydrogen (secondary N) is 2. The van der Waals surface area contributed by atoms with Gasteiger partial charge in [-0.25, -0.2) is 4.39 Å². The van der Waals surface area contributed by atoms with Crippen LogP contribution < -0.4 is 19.5 Å². The van der Waals surface area contributed by atoms with Gasteiger partial charge in [0.05, 0.1) is 26.2 Å². The van der Waals surface area contributed by atoms with Crippen LogP contribution in [-0.4, -0.2) is 55.1 Å². The first-order valence-electron chi connectivity index (χ1n) is 13.8. The highest BCUT2D eigenvalue weighted by Gasteiger charge is 2.34. The number of aryl methyl sites for hydroxylation is 1. The van der Waals surface area contributed by atoms with E-state index in [0.29, 0.717) is 55.2 Å². The second-order valence-electron chi connectivity index (χ2n) is 10.4. The van der Waals surface area contributed by atoms with Crippen molar-refractivity contribution in [2.24, 2.45) is 0 Å². The molecule has 1 unspecified atom stereocenters. The van der Waals surface area contributed by atoms with Gasteiger partial charge in [0.1, 0.15) is 11.6 Å². The summed E-state index contributed by atoms with van der Waals surface area (Å²) in [5.74, 6) is 1.04. The third-order valence-electron chi connectivity index (χ3n) is 7.83. The highest BCUT2D eigenvalue weighted by Crippen LogP contribution is 2.42. The number of carbonyl (C=O) groups is 2.